The van der Waals surface area contributed by atoms with Crippen LogP contribution in [0.25, 0.3) is 0 Å². The number of hydrogen-bond acceptors (Lipinski definition) is 6. The minimum absolute atomic E-state index is 0.152. The van der Waals surface area contributed by atoms with Crippen molar-refractivity contribution in [3.8, 4) is 11.5 Å². The smallest absolute Gasteiger partial charge is 0.274 e. The second-order valence-electron chi connectivity index (χ2n) is 5.45. The van der Waals surface area contributed by atoms with E-state index in [1.165, 1.54) is 38.7 Å². The van der Waals surface area contributed by atoms with Crippen molar-refractivity contribution >= 4 is 23.1 Å². The van der Waals surface area contributed by atoms with E-state index < -0.39 is 5.91 Å². The summed E-state index contributed by atoms with van der Waals surface area (Å²) in [5.41, 5.74) is 1.19. The number of nitrogens with one attached hydrogen (secondary N) is 2. The van der Waals surface area contributed by atoms with Crippen LogP contribution >= 0.6 is 0 Å². The van der Waals surface area contributed by atoms with Crippen LogP contribution in [0.2, 0.25) is 0 Å². The van der Waals surface area contributed by atoms with Crippen LogP contribution in [0.4, 0.5) is 21.6 Å². The van der Waals surface area contributed by atoms with Gasteiger partial charge in [-0.15, -0.1) is 0 Å². The van der Waals surface area contributed by atoms with Crippen molar-refractivity contribution in [1.82, 2.24) is 9.97 Å². The Morgan fingerprint density at radius 3 is 2.52 bits per heavy atom. The summed E-state index contributed by atoms with van der Waals surface area (Å²) < 4.78 is 23.7. The molecule has 3 aromatic rings. The third kappa shape index (κ3) is 4.49. The van der Waals surface area contributed by atoms with Crippen molar-refractivity contribution in [2.45, 2.75) is 0 Å². The maximum Gasteiger partial charge on any atom is 0.274 e. The van der Waals surface area contributed by atoms with E-state index in [1.807, 2.05) is 0 Å². The molecule has 0 saturated heterocycles. The number of ether oxygens (including phenoxy) is 2. The van der Waals surface area contributed by atoms with Crippen LogP contribution in [0.5, 0.6) is 11.5 Å². The highest BCUT2D eigenvalue weighted by Crippen LogP contribution is 2.29. The fourth-order valence-corrected chi connectivity index (χ4v) is 2.37. The van der Waals surface area contributed by atoms with Gasteiger partial charge >= 0.3 is 0 Å². The highest BCUT2D eigenvalue weighted by molar-refractivity contribution is 6.03. The maximum atomic E-state index is 13.3. The highest BCUT2D eigenvalue weighted by atomic mass is 19.1. The van der Waals surface area contributed by atoms with Crippen LogP contribution < -0.4 is 20.1 Å². The summed E-state index contributed by atoms with van der Waals surface area (Å²) in [6.07, 6.45) is 1.26. The van der Waals surface area contributed by atoms with E-state index in [4.69, 9.17) is 9.47 Å². The summed E-state index contributed by atoms with van der Waals surface area (Å²) >= 11 is 0. The number of hydrogen-bond donors (Lipinski definition) is 2. The number of rotatable bonds is 6. The molecule has 0 bridgehead atoms. The first-order valence-corrected chi connectivity index (χ1v) is 7.97. The third-order valence-corrected chi connectivity index (χ3v) is 3.64. The lowest BCUT2D eigenvalue weighted by Gasteiger charge is -2.11. The lowest BCUT2D eigenvalue weighted by atomic mass is 10.2. The first-order valence-electron chi connectivity index (χ1n) is 7.97. The summed E-state index contributed by atoms with van der Waals surface area (Å²) in [4.78, 5) is 20.5. The average molecular weight is 368 g/mol. The Bertz CT molecular complexity index is 965. The molecule has 1 amide bonds. The van der Waals surface area contributed by atoms with Crippen molar-refractivity contribution < 1.29 is 18.7 Å². The van der Waals surface area contributed by atoms with Crippen LogP contribution in [0, 0.1) is 5.82 Å². The Morgan fingerprint density at radius 2 is 1.78 bits per heavy atom. The lowest BCUT2D eigenvalue weighted by molar-refractivity contribution is 0.102. The van der Waals surface area contributed by atoms with Gasteiger partial charge in [-0.25, -0.2) is 14.4 Å². The molecule has 0 aliphatic carbocycles. The van der Waals surface area contributed by atoms with E-state index in [2.05, 4.69) is 20.6 Å². The largest absolute Gasteiger partial charge is 0.493 e. The van der Waals surface area contributed by atoms with Crippen molar-refractivity contribution in [1.29, 1.82) is 0 Å². The number of anilines is 3. The summed E-state index contributed by atoms with van der Waals surface area (Å²) in [5.74, 6) is 0.617. The van der Waals surface area contributed by atoms with Gasteiger partial charge in [-0.3, -0.25) is 4.79 Å². The normalized spacial score (nSPS) is 10.2. The minimum atomic E-state index is -0.424. The molecule has 0 aliphatic rings. The SMILES string of the molecule is COc1ccc(NC(=O)c2cc(Nc3cccc(F)c3)ncn2)cc1OC. The van der Waals surface area contributed by atoms with Crippen molar-refractivity contribution in [2.75, 3.05) is 24.9 Å². The van der Waals surface area contributed by atoms with Crippen molar-refractivity contribution in [3.63, 3.8) is 0 Å². The zero-order chi connectivity index (χ0) is 19.2. The molecule has 0 saturated carbocycles. The van der Waals surface area contributed by atoms with Gasteiger partial charge in [0.2, 0.25) is 0 Å². The van der Waals surface area contributed by atoms with Gasteiger partial charge in [-0.05, 0) is 30.3 Å². The van der Waals surface area contributed by atoms with Crippen molar-refractivity contribution in [2.24, 2.45) is 0 Å². The van der Waals surface area contributed by atoms with Gasteiger partial charge in [0.25, 0.3) is 5.91 Å². The molecule has 1 aromatic heterocycles. The first-order chi connectivity index (χ1) is 13.1. The number of benzene rings is 2. The standard InChI is InChI=1S/C19H17FN4O3/c1-26-16-7-6-14(9-17(16)27-2)24-19(25)15-10-18(22-11-21-15)23-13-5-3-4-12(20)8-13/h3-11H,1-2H3,(H,24,25)(H,21,22,23). The van der Waals surface area contributed by atoms with Gasteiger partial charge in [0.05, 0.1) is 14.2 Å². The predicted molar refractivity (Wildman–Crippen MR) is 99.2 cm³/mol. The summed E-state index contributed by atoms with van der Waals surface area (Å²) in [5, 5.41) is 5.66. The lowest BCUT2D eigenvalue weighted by Crippen LogP contribution is -2.14. The summed E-state index contributed by atoms with van der Waals surface area (Å²) in [6, 6.07) is 12.4. The molecule has 7 nitrogen and oxygen atoms in total. The molecule has 138 valence electrons. The van der Waals surface area contributed by atoms with Crippen LogP contribution in [0.1, 0.15) is 10.5 Å². The summed E-state index contributed by atoms with van der Waals surface area (Å²) in [6.45, 7) is 0. The molecule has 27 heavy (non-hydrogen) atoms. The molecule has 3 rings (SSSR count). The number of carbonyl (C=O) groups excluding carboxylic acids is 1. The fraction of sp³-hybridized carbons (Fsp3) is 0.105. The number of methoxy groups -OCH3 is 2. The Kier molecular flexibility index (Phi) is 5.46. The highest BCUT2D eigenvalue weighted by Gasteiger charge is 2.12. The Morgan fingerprint density at radius 1 is 0.963 bits per heavy atom. The number of carbonyl (C=O) groups is 1. The van der Waals surface area contributed by atoms with E-state index >= 15 is 0 Å². The molecule has 0 atom stereocenters. The quantitative estimate of drug-likeness (QED) is 0.691. The molecular formula is C19H17FN4O3. The molecule has 8 heteroatoms. The molecule has 1 heterocycles. The van der Waals surface area contributed by atoms with Crippen LogP contribution in [0.3, 0.4) is 0 Å². The Hall–Kier alpha value is -3.68. The molecule has 0 radical (unpaired) electrons. The fourth-order valence-electron chi connectivity index (χ4n) is 2.37. The van der Waals surface area contributed by atoms with E-state index in [0.717, 1.165) is 0 Å². The van der Waals surface area contributed by atoms with E-state index in [0.29, 0.717) is 28.7 Å². The van der Waals surface area contributed by atoms with Gasteiger partial charge in [-0.2, -0.15) is 0 Å². The third-order valence-electron chi connectivity index (χ3n) is 3.64. The average Bonchev–Trinajstić information content (AvgIpc) is 2.68. The maximum absolute atomic E-state index is 13.3. The van der Waals surface area contributed by atoms with Gasteiger partial charge in [0.1, 0.15) is 23.7 Å². The van der Waals surface area contributed by atoms with Gasteiger partial charge in [0.15, 0.2) is 11.5 Å². The molecular weight excluding hydrogens is 351 g/mol. The second kappa shape index (κ2) is 8.13. The van der Waals surface area contributed by atoms with Crippen molar-refractivity contribution in [3.05, 3.63) is 66.4 Å². The van der Waals surface area contributed by atoms with Crippen LogP contribution in [-0.4, -0.2) is 30.1 Å². The Balaban J connectivity index is 1.75. The van der Waals surface area contributed by atoms with Gasteiger partial charge in [-0.1, -0.05) is 6.07 Å². The molecule has 0 fully saturated rings. The van der Waals surface area contributed by atoms with Gasteiger partial charge in [0, 0.05) is 23.5 Å². The zero-order valence-corrected chi connectivity index (χ0v) is 14.7. The number of amides is 1. The zero-order valence-electron chi connectivity index (χ0n) is 14.7. The number of aromatic nitrogens is 2. The molecule has 0 aliphatic heterocycles. The van der Waals surface area contributed by atoms with Gasteiger partial charge < -0.3 is 20.1 Å². The van der Waals surface area contributed by atoms with E-state index in [9.17, 15) is 9.18 Å². The predicted octanol–water partition coefficient (Wildman–Crippen LogP) is 3.63. The second-order valence-corrected chi connectivity index (χ2v) is 5.45. The molecule has 0 unspecified atom stereocenters. The number of halogens is 1. The monoisotopic (exact) mass is 368 g/mol. The minimum Gasteiger partial charge on any atom is -0.493 e. The van der Waals surface area contributed by atoms with Crippen LogP contribution in [-0.2, 0) is 0 Å². The number of nitrogens with zero attached hydrogens (tertiary/aromatic N) is 2. The van der Waals surface area contributed by atoms with E-state index in [-0.39, 0.29) is 11.5 Å². The molecule has 2 aromatic carbocycles. The Labute approximate surface area is 155 Å². The van der Waals surface area contributed by atoms with Crippen LogP contribution in [0.15, 0.2) is 54.9 Å². The first kappa shape index (κ1) is 18.1. The molecule has 0 spiro atoms. The summed E-state index contributed by atoms with van der Waals surface area (Å²) in [7, 11) is 3.04. The molecule has 2 N–H and O–H groups in total. The van der Waals surface area contributed by atoms with E-state index in [1.54, 1.807) is 30.3 Å². The topological polar surface area (TPSA) is 85.4 Å².